The summed E-state index contributed by atoms with van der Waals surface area (Å²) in [5.41, 5.74) is 5.32. The fourth-order valence-corrected chi connectivity index (χ4v) is 4.54. The normalized spacial score (nSPS) is 13.0. The maximum atomic E-state index is 13.6. The van der Waals surface area contributed by atoms with Crippen LogP contribution in [0, 0.1) is 5.82 Å². The maximum Gasteiger partial charge on any atom is 0.308 e. The van der Waals surface area contributed by atoms with E-state index in [0.717, 1.165) is 33.6 Å². The van der Waals surface area contributed by atoms with E-state index in [0.29, 0.717) is 6.42 Å². The topological polar surface area (TPSA) is 85.7 Å². The molecule has 2 atom stereocenters. The average Bonchev–Trinajstić information content (AvgIpc) is 2.84. The van der Waals surface area contributed by atoms with E-state index in [1.807, 2.05) is 36.4 Å². The van der Waals surface area contributed by atoms with Crippen LogP contribution in [0.1, 0.15) is 37.4 Å². The number of carbonyl (C=O) groups excluding carboxylic acids is 1. The highest BCUT2D eigenvalue weighted by molar-refractivity contribution is 7.39. The van der Waals surface area contributed by atoms with Gasteiger partial charge in [0.15, 0.2) is 8.03 Å². The van der Waals surface area contributed by atoms with Crippen molar-refractivity contribution in [3.8, 4) is 22.4 Å². The number of nitrogens with zero attached hydrogens (tertiary/aromatic N) is 1. The molecule has 0 aliphatic heterocycles. The highest BCUT2D eigenvalue weighted by atomic mass is 31.1. The molecule has 0 bridgehead atoms. The van der Waals surface area contributed by atoms with Crippen LogP contribution in [0.15, 0.2) is 60.7 Å². The summed E-state index contributed by atoms with van der Waals surface area (Å²) in [6.07, 6.45) is -1.03. The molecule has 2 aromatic carbocycles. The fraction of sp³-hybridized carbons (Fsp3) is 0.333. The Balaban J connectivity index is 1.88. The molecule has 35 heavy (non-hydrogen) atoms. The summed E-state index contributed by atoms with van der Waals surface area (Å²) >= 11 is 0. The third-order valence-electron chi connectivity index (χ3n) is 5.58. The molecule has 8 heteroatoms. The van der Waals surface area contributed by atoms with Gasteiger partial charge in [-0.1, -0.05) is 56.3 Å². The zero-order chi connectivity index (χ0) is 25.4. The number of esters is 1. The maximum absolute atomic E-state index is 13.6. The first-order chi connectivity index (χ1) is 16.8. The van der Waals surface area contributed by atoms with Gasteiger partial charge in [-0.15, -0.1) is 0 Å². The molecule has 186 valence electrons. The Morgan fingerprint density at radius 2 is 1.77 bits per heavy atom. The first kappa shape index (κ1) is 26.7. The molecule has 0 saturated carbocycles. The predicted molar refractivity (Wildman–Crippen MR) is 135 cm³/mol. The van der Waals surface area contributed by atoms with Gasteiger partial charge in [0.2, 0.25) is 0 Å². The molecule has 1 N–H and O–H groups in total. The number of aliphatic hydroxyl groups is 1. The van der Waals surface area contributed by atoms with Crippen molar-refractivity contribution in [3.05, 3.63) is 77.7 Å². The SMILES string of the molecule is CO[PH](=O)CC(O)CC(=O)OCCc1c(-c2ccc(F)cc2)cc(-c2ccccc2)nc1C(C)C. The Hall–Kier alpha value is -2.86. The van der Waals surface area contributed by atoms with Crippen LogP contribution in [0.3, 0.4) is 0 Å². The lowest BCUT2D eigenvalue weighted by molar-refractivity contribution is -0.145. The van der Waals surface area contributed by atoms with E-state index in [9.17, 15) is 18.9 Å². The molecule has 3 aromatic rings. The van der Waals surface area contributed by atoms with Gasteiger partial charge >= 0.3 is 5.97 Å². The second-order valence-corrected chi connectivity index (χ2v) is 10.1. The number of aromatic nitrogens is 1. The zero-order valence-corrected chi connectivity index (χ0v) is 21.2. The number of carbonyl (C=O) groups is 1. The molecule has 0 aliphatic rings. The summed E-state index contributed by atoms with van der Waals surface area (Å²) in [4.78, 5) is 17.1. The van der Waals surface area contributed by atoms with E-state index in [1.165, 1.54) is 19.2 Å². The van der Waals surface area contributed by atoms with Crippen molar-refractivity contribution < 1.29 is 28.1 Å². The third-order valence-corrected chi connectivity index (χ3v) is 6.84. The summed E-state index contributed by atoms with van der Waals surface area (Å²) in [5, 5.41) is 9.91. The minimum absolute atomic E-state index is 0.0886. The van der Waals surface area contributed by atoms with E-state index in [2.05, 4.69) is 18.4 Å². The van der Waals surface area contributed by atoms with Crippen LogP contribution in [0.5, 0.6) is 0 Å². The van der Waals surface area contributed by atoms with Gasteiger partial charge in [-0.05, 0) is 40.8 Å². The number of hydrogen-bond donors (Lipinski definition) is 1. The largest absolute Gasteiger partial charge is 0.465 e. The molecule has 1 heterocycles. The Kier molecular flexibility index (Phi) is 9.73. The number of halogens is 1. The molecule has 0 saturated heterocycles. The number of benzene rings is 2. The lowest BCUT2D eigenvalue weighted by Gasteiger charge is -2.19. The molecule has 1 aromatic heterocycles. The monoisotopic (exact) mass is 499 g/mol. The van der Waals surface area contributed by atoms with Gasteiger partial charge in [0, 0.05) is 30.9 Å². The van der Waals surface area contributed by atoms with Crippen molar-refractivity contribution in [2.45, 2.75) is 38.7 Å². The van der Waals surface area contributed by atoms with E-state index in [-0.39, 0.29) is 30.9 Å². The van der Waals surface area contributed by atoms with Crippen LogP contribution in [-0.4, -0.2) is 42.0 Å². The predicted octanol–water partition coefficient (Wildman–Crippen LogP) is 5.64. The number of rotatable bonds is 11. The van der Waals surface area contributed by atoms with Gasteiger partial charge in [0.1, 0.15) is 5.82 Å². The fourth-order valence-electron chi connectivity index (χ4n) is 3.84. The number of hydrogen-bond acceptors (Lipinski definition) is 6. The van der Waals surface area contributed by atoms with Crippen molar-refractivity contribution in [2.75, 3.05) is 19.9 Å². The Morgan fingerprint density at radius 3 is 2.40 bits per heavy atom. The Labute approximate surface area is 206 Å². The van der Waals surface area contributed by atoms with E-state index in [1.54, 1.807) is 12.1 Å². The summed E-state index contributed by atoms with van der Waals surface area (Å²) in [6.45, 7) is 4.19. The van der Waals surface area contributed by atoms with Crippen molar-refractivity contribution in [2.24, 2.45) is 0 Å². The van der Waals surface area contributed by atoms with Crippen LogP contribution in [0.4, 0.5) is 4.39 Å². The van der Waals surface area contributed by atoms with Gasteiger partial charge in [-0.3, -0.25) is 14.3 Å². The molecule has 2 unspecified atom stereocenters. The van der Waals surface area contributed by atoms with Crippen molar-refractivity contribution >= 4 is 14.0 Å². The zero-order valence-electron chi connectivity index (χ0n) is 20.2. The van der Waals surface area contributed by atoms with Crippen LogP contribution in [0.25, 0.3) is 22.4 Å². The molecule has 3 rings (SSSR count). The Bertz CT molecular complexity index is 1150. The highest BCUT2D eigenvalue weighted by Gasteiger charge is 2.19. The van der Waals surface area contributed by atoms with Gasteiger partial charge in [0.05, 0.1) is 24.8 Å². The molecule has 0 amide bonds. The lowest BCUT2D eigenvalue weighted by atomic mass is 9.91. The molecular formula is C27H31FNO5P. The van der Waals surface area contributed by atoms with E-state index >= 15 is 0 Å². The number of pyridine rings is 1. The molecule has 0 spiro atoms. The second-order valence-electron chi connectivity index (χ2n) is 8.56. The number of ether oxygens (including phenoxy) is 1. The molecular weight excluding hydrogens is 468 g/mol. The second kappa shape index (κ2) is 12.7. The van der Waals surface area contributed by atoms with Crippen LogP contribution in [-0.2, 0) is 25.0 Å². The summed E-state index contributed by atoms with van der Waals surface area (Å²) < 4.78 is 35.1. The molecule has 0 aliphatic carbocycles. The number of aliphatic hydroxyl groups excluding tert-OH is 1. The van der Waals surface area contributed by atoms with Gasteiger partial charge in [0.25, 0.3) is 0 Å². The summed E-state index contributed by atoms with van der Waals surface area (Å²) in [5.74, 6) is -0.802. The van der Waals surface area contributed by atoms with Crippen molar-refractivity contribution in [1.82, 2.24) is 4.98 Å². The third kappa shape index (κ3) is 7.56. The van der Waals surface area contributed by atoms with Crippen molar-refractivity contribution in [3.63, 3.8) is 0 Å². The van der Waals surface area contributed by atoms with Crippen LogP contribution in [0.2, 0.25) is 0 Å². The molecule has 0 fully saturated rings. The van der Waals surface area contributed by atoms with E-state index < -0.39 is 20.1 Å². The van der Waals surface area contributed by atoms with Gasteiger partial charge in [-0.2, -0.15) is 0 Å². The molecule has 6 nitrogen and oxygen atoms in total. The Morgan fingerprint density at radius 1 is 1.09 bits per heavy atom. The summed E-state index contributed by atoms with van der Waals surface area (Å²) in [6, 6.07) is 18.1. The minimum atomic E-state index is -2.36. The van der Waals surface area contributed by atoms with Crippen molar-refractivity contribution in [1.29, 1.82) is 0 Å². The van der Waals surface area contributed by atoms with Gasteiger partial charge in [-0.25, -0.2) is 4.39 Å². The van der Waals surface area contributed by atoms with Gasteiger partial charge < -0.3 is 14.4 Å². The minimum Gasteiger partial charge on any atom is -0.465 e. The summed E-state index contributed by atoms with van der Waals surface area (Å²) in [7, 11) is -1.06. The van der Waals surface area contributed by atoms with Crippen LogP contribution < -0.4 is 0 Å². The van der Waals surface area contributed by atoms with E-state index in [4.69, 9.17) is 9.72 Å². The average molecular weight is 500 g/mol. The lowest BCUT2D eigenvalue weighted by Crippen LogP contribution is -2.19. The first-order valence-corrected chi connectivity index (χ1v) is 13.1. The van der Waals surface area contributed by atoms with Crippen LogP contribution >= 0.6 is 8.03 Å². The quantitative estimate of drug-likeness (QED) is 0.272. The first-order valence-electron chi connectivity index (χ1n) is 11.5. The highest BCUT2D eigenvalue weighted by Crippen LogP contribution is 2.34. The standard InChI is InChI=1S/C27H31FNO5P/c1-18(2)27-23(13-14-34-26(31)15-22(30)17-35(32)33-3)24(19-9-11-21(28)12-10-19)16-25(29-27)20-7-5-4-6-8-20/h4-12,16,18,22,30,35H,13-15,17H2,1-3H3. The smallest absolute Gasteiger partial charge is 0.308 e. The molecule has 0 radical (unpaired) electrons.